The number of benzene rings is 3. The lowest BCUT2D eigenvalue weighted by molar-refractivity contribution is -0.115. The molecule has 8 heteroatoms. The van der Waals surface area contributed by atoms with Gasteiger partial charge in [-0.1, -0.05) is 41.9 Å². The van der Waals surface area contributed by atoms with Gasteiger partial charge in [0.1, 0.15) is 11.5 Å². The van der Waals surface area contributed by atoms with Gasteiger partial charge in [0.05, 0.1) is 31.5 Å². The summed E-state index contributed by atoms with van der Waals surface area (Å²) in [7, 11) is 4.92. The van der Waals surface area contributed by atoms with Crippen molar-refractivity contribution in [1.29, 1.82) is 0 Å². The summed E-state index contributed by atoms with van der Waals surface area (Å²) in [6.07, 6.45) is 0. The SMILES string of the molecule is COc1ccc(OC)c(C2NC(=S)NC(c3ccccc3)=C2C(=O)N(C)c2ccc(Cl)cc2)c1. The van der Waals surface area contributed by atoms with E-state index in [9.17, 15) is 4.79 Å². The minimum absolute atomic E-state index is 0.210. The fourth-order valence-corrected chi connectivity index (χ4v) is 4.23. The highest BCUT2D eigenvalue weighted by atomic mass is 35.5. The van der Waals surface area contributed by atoms with Crippen molar-refractivity contribution in [3.05, 3.63) is 94.5 Å². The lowest BCUT2D eigenvalue weighted by atomic mass is 9.91. The number of amides is 1. The number of methoxy groups -OCH3 is 2. The van der Waals surface area contributed by atoms with E-state index in [-0.39, 0.29) is 5.91 Å². The first-order valence-electron chi connectivity index (χ1n) is 10.6. The van der Waals surface area contributed by atoms with Crippen molar-refractivity contribution in [2.75, 3.05) is 26.2 Å². The number of anilines is 1. The van der Waals surface area contributed by atoms with Crippen LogP contribution in [0.25, 0.3) is 5.70 Å². The van der Waals surface area contributed by atoms with Crippen LogP contribution in [0.15, 0.2) is 78.4 Å². The number of likely N-dealkylation sites (N-methyl/N-ethyl adjacent to an activating group) is 1. The second kappa shape index (κ2) is 10.2. The van der Waals surface area contributed by atoms with E-state index in [1.54, 1.807) is 50.4 Å². The molecule has 1 atom stereocenters. The van der Waals surface area contributed by atoms with Gasteiger partial charge in [0, 0.05) is 23.3 Å². The van der Waals surface area contributed by atoms with Crippen LogP contribution in [-0.2, 0) is 4.79 Å². The Bertz CT molecular complexity index is 1250. The highest BCUT2D eigenvalue weighted by molar-refractivity contribution is 7.80. The van der Waals surface area contributed by atoms with Gasteiger partial charge in [-0.3, -0.25) is 4.79 Å². The summed E-state index contributed by atoms with van der Waals surface area (Å²) in [5.41, 5.74) is 3.39. The Balaban J connectivity index is 1.92. The van der Waals surface area contributed by atoms with Crippen LogP contribution in [0.5, 0.6) is 11.5 Å². The van der Waals surface area contributed by atoms with Crippen LogP contribution in [0.2, 0.25) is 5.02 Å². The van der Waals surface area contributed by atoms with Crippen LogP contribution in [0, 0.1) is 0 Å². The lowest BCUT2D eigenvalue weighted by Gasteiger charge is -2.34. The number of rotatable bonds is 6. The second-order valence-electron chi connectivity index (χ2n) is 7.63. The van der Waals surface area contributed by atoms with Gasteiger partial charge in [-0.25, -0.2) is 0 Å². The predicted octanol–water partition coefficient (Wildman–Crippen LogP) is 4.95. The van der Waals surface area contributed by atoms with E-state index in [1.165, 1.54) is 0 Å². The Morgan fingerprint density at radius 2 is 1.71 bits per heavy atom. The quantitative estimate of drug-likeness (QED) is 0.474. The molecule has 0 aliphatic carbocycles. The monoisotopic (exact) mass is 493 g/mol. The molecule has 0 radical (unpaired) electrons. The van der Waals surface area contributed by atoms with Crippen LogP contribution in [0.4, 0.5) is 5.69 Å². The molecule has 0 bridgehead atoms. The number of thiocarbonyl (C=S) groups is 1. The first kappa shape index (κ1) is 23.6. The molecule has 0 fully saturated rings. The second-order valence-corrected chi connectivity index (χ2v) is 8.48. The van der Waals surface area contributed by atoms with Crippen molar-refractivity contribution in [3.63, 3.8) is 0 Å². The lowest BCUT2D eigenvalue weighted by Crippen LogP contribution is -2.47. The van der Waals surface area contributed by atoms with Crippen molar-refractivity contribution in [2.24, 2.45) is 0 Å². The van der Waals surface area contributed by atoms with E-state index < -0.39 is 6.04 Å². The topological polar surface area (TPSA) is 62.8 Å². The fourth-order valence-electron chi connectivity index (χ4n) is 3.89. The molecule has 0 saturated heterocycles. The van der Waals surface area contributed by atoms with Gasteiger partial charge in [0.2, 0.25) is 0 Å². The fraction of sp³-hybridized carbons (Fsp3) is 0.154. The summed E-state index contributed by atoms with van der Waals surface area (Å²) < 4.78 is 11.1. The van der Waals surface area contributed by atoms with Crippen LogP contribution >= 0.6 is 23.8 Å². The molecule has 34 heavy (non-hydrogen) atoms. The molecule has 0 spiro atoms. The normalized spacial score (nSPS) is 15.3. The largest absolute Gasteiger partial charge is 0.497 e. The molecule has 2 N–H and O–H groups in total. The first-order chi connectivity index (χ1) is 16.4. The Morgan fingerprint density at radius 1 is 1.00 bits per heavy atom. The summed E-state index contributed by atoms with van der Waals surface area (Å²) in [6.45, 7) is 0. The molecule has 1 amide bonds. The molecular formula is C26H24ClN3O3S. The van der Waals surface area contributed by atoms with Crippen molar-refractivity contribution in [1.82, 2.24) is 10.6 Å². The number of nitrogens with zero attached hydrogens (tertiary/aromatic N) is 1. The first-order valence-corrected chi connectivity index (χ1v) is 11.3. The van der Waals surface area contributed by atoms with Crippen molar-refractivity contribution < 1.29 is 14.3 Å². The molecule has 1 aliphatic rings. The number of nitrogens with one attached hydrogen (secondary N) is 2. The highest BCUT2D eigenvalue weighted by Gasteiger charge is 2.35. The molecule has 1 aliphatic heterocycles. The maximum Gasteiger partial charge on any atom is 0.258 e. The molecule has 0 aromatic heterocycles. The Hall–Kier alpha value is -3.55. The Labute approximate surface area is 209 Å². The van der Waals surface area contributed by atoms with Crippen molar-refractivity contribution in [2.45, 2.75) is 6.04 Å². The minimum Gasteiger partial charge on any atom is -0.497 e. The molecule has 0 saturated carbocycles. The number of ether oxygens (including phenoxy) is 2. The zero-order chi connectivity index (χ0) is 24.2. The zero-order valence-corrected chi connectivity index (χ0v) is 20.5. The molecule has 1 unspecified atom stereocenters. The minimum atomic E-state index is -0.587. The van der Waals surface area contributed by atoms with E-state index in [0.717, 1.165) is 11.1 Å². The van der Waals surface area contributed by atoms with Crippen molar-refractivity contribution >= 4 is 46.2 Å². The summed E-state index contributed by atoms with van der Waals surface area (Å²) >= 11 is 11.6. The molecular weight excluding hydrogens is 470 g/mol. The average Bonchev–Trinajstić information content (AvgIpc) is 2.88. The van der Waals surface area contributed by atoms with E-state index >= 15 is 0 Å². The van der Waals surface area contributed by atoms with Gasteiger partial charge in [0.25, 0.3) is 5.91 Å². The smallest absolute Gasteiger partial charge is 0.258 e. The summed E-state index contributed by atoms with van der Waals surface area (Å²) in [6, 6.07) is 21.6. The molecule has 3 aromatic rings. The Morgan fingerprint density at radius 3 is 2.35 bits per heavy atom. The molecule has 6 nitrogen and oxygen atoms in total. The molecule has 174 valence electrons. The van der Waals surface area contributed by atoms with E-state index in [4.69, 9.17) is 33.3 Å². The summed E-state index contributed by atoms with van der Waals surface area (Å²) in [4.78, 5) is 15.6. The average molecular weight is 494 g/mol. The van der Waals surface area contributed by atoms with Crippen LogP contribution in [-0.4, -0.2) is 32.3 Å². The van der Waals surface area contributed by atoms with Crippen molar-refractivity contribution in [3.8, 4) is 11.5 Å². The third-order valence-electron chi connectivity index (χ3n) is 5.63. The third kappa shape index (κ3) is 4.71. The highest BCUT2D eigenvalue weighted by Crippen LogP contribution is 2.38. The van der Waals surface area contributed by atoms with Gasteiger partial charge in [-0.2, -0.15) is 0 Å². The maximum absolute atomic E-state index is 14.1. The van der Waals surface area contributed by atoms with Gasteiger partial charge in [-0.05, 0) is 60.2 Å². The van der Waals surface area contributed by atoms with Gasteiger partial charge >= 0.3 is 0 Å². The van der Waals surface area contributed by atoms with Gasteiger partial charge in [-0.15, -0.1) is 0 Å². The molecule has 3 aromatic carbocycles. The summed E-state index contributed by atoms with van der Waals surface area (Å²) in [5, 5.41) is 7.47. The zero-order valence-electron chi connectivity index (χ0n) is 19.0. The number of carbonyl (C=O) groups is 1. The summed E-state index contributed by atoms with van der Waals surface area (Å²) in [5.74, 6) is 1.04. The third-order valence-corrected chi connectivity index (χ3v) is 6.10. The number of carbonyl (C=O) groups excluding carboxylic acids is 1. The van der Waals surface area contributed by atoms with E-state index in [0.29, 0.717) is 38.6 Å². The predicted molar refractivity (Wildman–Crippen MR) is 139 cm³/mol. The van der Waals surface area contributed by atoms with Gasteiger partial charge in [0.15, 0.2) is 5.11 Å². The standard InChI is InChI=1S/C26H24ClN3O3S/c1-30(18-11-9-17(27)10-12-18)25(31)22-23(16-7-5-4-6-8-16)28-26(34)29-24(22)20-15-19(32-2)13-14-21(20)33-3/h4-15,24H,1-3H3,(H2,28,29,34). The molecule has 1 heterocycles. The number of hydrogen-bond acceptors (Lipinski definition) is 4. The van der Waals surface area contributed by atoms with Gasteiger partial charge < -0.3 is 25.0 Å². The van der Waals surface area contributed by atoms with Crippen LogP contribution in [0.3, 0.4) is 0 Å². The van der Waals surface area contributed by atoms with E-state index in [2.05, 4.69) is 10.6 Å². The molecule has 4 rings (SSSR count). The van der Waals surface area contributed by atoms with Crippen LogP contribution in [0.1, 0.15) is 17.2 Å². The van der Waals surface area contributed by atoms with Crippen LogP contribution < -0.4 is 25.0 Å². The Kier molecular flexibility index (Phi) is 7.05. The maximum atomic E-state index is 14.1. The number of hydrogen-bond donors (Lipinski definition) is 2. The number of halogens is 1. The van der Waals surface area contributed by atoms with E-state index in [1.807, 2.05) is 48.5 Å².